The van der Waals surface area contributed by atoms with Crippen LogP contribution in [0.1, 0.15) is 43.6 Å². The van der Waals surface area contributed by atoms with Crippen LogP contribution in [0.3, 0.4) is 0 Å². The number of likely N-dealkylation sites (tertiary alicyclic amines) is 1. The average Bonchev–Trinajstić information content (AvgIpc) is 3.38. The molecule has 29 heavy (non-hydrogen) atoms. The second-order valence-corrected chi connectivity index (χ2v) is 7.59. The van der Waals surface area contributed by atoms with Gasteiger partial charge in [-0.25, -0.2) is 14.6 Å². The zero-order valence-electron chi connectivity index (χ0n) is 17.0. The van der Waals surface area contributed by atoms with Crippen LogP contribution in [0.15, 0.2) is 30.6 Å². The minimum atomic E-state index is -0.124. The standard InChI is InChI=1S/C21H28N6O2/c1-3-25-12-9-22-19(25)17-6-4-5-11-26(17)21(29)24-16-8-7-15(2)18(14-16)27-13-10-23-20(27)28/h7-9,12,14,17H,3-6,10-11,13H2,1-2H3,(H,23,28)(H,24,29). The molecule has 1 aromatic carbocycles. The highest BCUT2D eigenvalue weighted by atomic mass is 16.2. The molecular weight excluding hydrogens is 368 g/mol. The summed E-state index contributed by atoms with van der Waals surface area (Å²) < 4.78 is 2.10. The number of nitrogens with zero attached hydrogens (tertiary/aromatic N) is 4. The number of nitrogens with one attached hydrogen (secondary N) is 2. The van der Waals surface area contributed by atoms with E-state index in [0.29, 0.717) is 25.3 Å². The fourth-order valence-electron chi connectivity index (χ4n) is 4.20. The monoisotopic (exact) mass is 396 g/mol. The Kier molecular flexibility index (Phi) is 5.42. The molecule has 2 aliphatic rings. The molecule has 3 heterocycles. The molecule has 0 bridgehead atoms. The second kappa shape index (κ2) is 8.14. The van der Waals surface area contributed by atoms with Gasteiger partial charge in [0.2, 0.25) is 0 Å². The van der Waals surface area contributed by atoms with Crippen molar-refractivity contribution in [2.75, 3.05) is 29.9 Å². The van der Waals surface area contributed by atoms with Crippen molar-refractivity contribution in [2.24, 2.45) is 0 Å². The highest BCUT2D eigenvalue weighted by Gasteiger charge is 2.31. The van der Waals surface area contributed by atoms with E-state index in [1.165, 1.54) is 0 Å². The van der Waals surface area contributed by atoms with Crippen LogP contribution in [0, 0.1) is 6.92 Å². The van der Waals surface area contributed by atoms with E-state index in [4.69, 9.17) is 0 Å². The average molecular weight is 396 g/mol. The number of anilines is 2. The van der Waals surface area contributed by atoms with Gasteiger partial charge in [0.15, 0.2) is 0 Å². The van der Waals surface area contributed by atoms with Gasteiger partial charge in [0.25, 0.3) is 0 Å². The Morgan fingerprint density at radius 3 is 2.93 bits per heavy atom. The zero-order chi connectivity index (χ0) is 20.4. The van der Waals surface area contributed by atoms with E-state index < -0.39 is 0 Å². The first-order chi connectivity index (χ1) is 14.1. The van der Waals surface area contributed by atoms with Gasteiger partial charge in [-0.1, -0.05) is 6.07 Å². The highest BCUT2D eigenvalue weighted by molar-refractivity contribution is 5.96. The van der Waals surface area contributed by atoms with Gasteiger partial charge in [-0.3, -0.25) is 4.90 Å². The predicted octanol–water partition coefficient (Wildman–Crippen LogP) is 3.50. The van der Waals surface area contributed by atoms with Crippen LogP contribution in [-0.4, -0.2) is 46.1 Å². The van der Waals surface area contributed by atoms with Crippen molar-refractivity contribution in [3.05, 3.63) is 42.0 Å². The first-order valence-corrected chi connectivity index (χ1v) is 10.3. The van der Waals surface area contributed by atoms with Crippen LogP contribution in [0.5, 0.6) is 0 Å². The summed E-state index contributed by atoms with van der Waals surface area (Å²) in [5.74, 6) is 0.945. The lowest BCUT2D eigenvalue weighted by molar-refractivity contribution is 0.157. The van der Waals surface area contributed by atoms with Crippen molar-refractivity contribution in [1.82, 2.24) is 19.8 Å². The molecular formula is C21H28N6O2. The fourth-order valence-corrected chi connectivity index (χ4v) is 4.20. The Labute approximate surface area is 170 Å². The zero-order valence-corrected chi connectivity index (χ0v) is 17.0. The Morgan fingerprint density at radius 2 is 2.17 bits per heavy atom. The summed E-state index contributed by atoms with van der Waals surface area (Å²) in [7, 11) is 0. The van der Waals surface area contributed by atoms with E-state index in [1.807, 2.05) is 36.2 Å². The number of piperidine rings is 1. The molecule has 2 aromatic rings. The number of amides is 4. The SMILES string of the molecule is CCn1ccnc1C1CCCCN1C(=O)Nc1ccc(C)c(N2CCNC2=O)c1. The summed E-state index contributed by atoms with van der Waals surface area (Å²) in [5, 5.41) is 5.86. The number of hydrogen-bond acceptors (Lipinski definition) is 3. The number of hydrogen-bond donors (Lipinski definition) is 2. The van der Waals surface area contributed by atoms with Crippen molar-refractivity contribution in [2.45, 2.75) is 45.7 Å². The molecule has 4 rings (SSSR count). The summed E-state index contributed by atoms with van der Waals surface area (Å²) in [6, 6.07) is 5.46. The molecule has 0 saturated carbocycles. The summed E-state index contributed by atoms with van der Waals surface area (Å²) in [5.41, 5.74) is 2.52. The van der Waals surface area contributed by atoms with Crippen molar-refractivity contribution >= 4 is 23.4 Å². The van der Waals surface area contributed by atoms with Gasteiger partial charge >= 0.3 is 12.1 Å². The van der Waals surface area contributed by atoms with Gasteiger partial charge in [0.1, 0.15) is 5.82 Å². The third-order valence-electron chi connectivity index (χ3n) is 5.76. The second-order valence-electron chi connectivity index (χ2n) is 7.59. The number of carbonyl (C=O) groups excluding carboxylic acids is 2. The summed E-state index contributed by atoms with van der Waals surface area (Å²) in [4.78, 5) is 33.3. The van der Waals surface area contributed by atoms with E-state index in [1.54, 1.807) is 11.1 Å². The van der Waals surface area contributed by atoms with Gasteiger partial charge in [-0.05, 0) is 50.8 Å². The third-order valence-corrected chi connectivity index (χ3v) is 5.76. The Hall–Kier alpha value is -3.03. The van der Waals surface area contributed by atoms with Gasteiger partial charge in [-0.15, -0.1) is 0 Å². The minimum Gasteiger partial charge on any atom is -0.336 e. The molecule has 1 aromatic heterocycles. The highest BCUT2D eigenvalue weighted by Crippen LogP contribution is 2.31. The molecule has 2 saturated heterocycles. The van der Waals surface area contributed by atoms with E-state index in [0.717, 1.165) is 42.9 Å². The molecule has 2 aliphatic heterocycles. The smallest absolute Gasteiger partial charge is 0.322 e. The molecule has 154 valence electrons. The lowest BCUT2D eigenvalue weighted by Crippen LogP contribution is -2.42. The van der Waals surface area contributed by atoms with E-state index >= 15 is 0 Å². The number of rotatable bonds is 4. The number of imidazole rings is 1. The van der Waals surface area contributed by atoms with Crippen molar-refractivity contribution in [3.63, 3.8) is 0 Å². The maximum absolute atomic E-state index is 13.1. The maximum Gasteiger partial charge on any atom is 0.322 e. The lowest BCUT2D eigenvalue weighted by atomic mass is 10.0. The molecule has 2 fully saturated rings. The molecule has 1 atom stereocenters. The van der Waals surface area contributed by atoms with Crippen molar-refractivity contribution < 1.29 is 9.59 Å². The van der Waals surface area contributed by atoms with Gasteiger partial charge < -0.3 is 20.1 Å². The van der Waals surface area contributed by atoms with E-state index in [2.05, 4.69) is 27.1 Å². The first kappa shape index (κ1) is 19.3. The third kappa shape index (κ3) is 3.79. The van der Waals surface area contributed by atoms with Crippen molar-refractivity contribution in [1.29, 1.82) is 0 Å². The fraction of sp³-hybridized carbons (Fsp3) is 0.476. The molecule has 0 radical (unpaired) electrons. The molecule has 8 nitrogen and oxygen atoms in total. The normalized spacial score (nSPS) is 19.4. The van der Waals surface area contributed by atoms with Gasteiger partial charge in [-0.2, -0.15) is 0 Å². The summed E-state index contributed by atoms with van der Waals surface area (Å²) >= 11 is 0. The minimum absolute atomic E-state index is 0.0204. The molecule has 1 unspecified atom stereocenters. The largest absolute Gasteiger partial charge is 0.336 e. The van der Waals surface area contributed by atoms with Gasteiger partial charge in [0.05, 0.1) is 11.7 Å². The van der Waals surface area contributed by atoms with Crippen LogP contribution in [0.25, 0.3) is 0 Å². The number of aryl methyl sites for hydroxylation is 2. The quantitative estimate of drug-likeness (QED) is 0.830. The summed E-state index contributed by atoms with van der Waals surface area (Å²) in [6.07, 6.45) is 6.76. The Balaban J connectivity index is 1.54. The Bertz CT molecular complexity index is 908. The maximum atomic E-state index is 13.1. The number of urea groups is 2. The van der Waals surface area contributed by atoms with Crippen LogP contribution >= 0.6 is 0 Å². The molecule has 0 spiro atoms. The van der Waals surface area contributed by atoms with Crippen LogP contribution in [-0.2, 0) is 6.54 Å². The predicted molar refractivity (Wildman–Crippen MR) is 112 cm³/mol. The van der Waals surface area contributed by atoms with Crippen LogP contribution in [0.4, 0.5) is 21.0 Å². The summed E-state index contributed by atoms with van der Waals surface area (Å²) in [6.45, 7) is 6.86. The molecule has 4 amide bonds. The number of aromatic nitrogens is 2. The van der Waals surface area contributed by atoms with E-state index in [-0.39, 0.29) is 18.1 Å². The molecule has 2 N–H and O–H groups in total. The van der Waals surface area contributed by atoms with Gasteiger partial charge in [0, 0.05) is 44.3 Å². The molecule has 0 aliphatic carbocycles. The number of benzene rings is 1. The molecule has 8 heteroatoms. The van der Waals surface area contributed by atoms with Crippen molar-refractivity contribution in [3.8, 4) is 0 Å². The number of carbonyl (C=O) groups is 2. The van der Waals surface area contributed by atoms with Crippen LogP contribution < -0.4 is 15.5 Å². The lowest BCUT2D eigenvalue weighted by Gasteiger charge is -2.35. The topological polar surface area (TPSA) is 82.5 Å². The first-order valence-electron chi connectivity index (χ1n) is 10.3. The Morgan fingerprint density at radius 1 is 1.31 bits per heavy atom. The van der Waals surface area contributed by atoms with Crippen LogP contribution in [0.2, 0.25) is 0 Å². The van der Waals surface area contributed by atoms with E-state index in [9.17, 15) is 9.59 Å².